The molecular weight excluding hydrogens is 226 g/mol. The Kier molecular flexibility index (Phi) is 3.56. The highest BCUT2D eigenvalue weighted by atomic mass is 16.5. The number of nitrogens with zero attached hydrogens (tertiary/aromatic N) is 2. The maximum Gasteiger partial charge on any atom is 0.110 e. The summed E-state index contributed by atoms with van der Waals surface area (Å²) in [5.74, 6) is 0. The third kappa shape index (κ3) is 2.40. The average Bonchev–Trinajstić information content (AvgIpc) is 3.01. The highest BCUT2D eigenvalue weighted by Crippen LogP contribution is 2.43. The van der Waals surface area contributed by atoms with Gasteiger partial charge in [-0.05, 0) is 25.7 Å². The third-order valence-corrected chi connectivity index (χ3v) is 4.79. The first-order valence-electron chi connectivity index (χ1n) is 7.34. The van der Waals surface area contributed by atoms with E-state index in [2.05, 4.69) is 16.3 Å². The molecule has 3 fully saturated rings. The standard InChI is InChI=1S/C14H23N3O/c15-9-12-10-16-7-8-17(12)11-13-3-6-14(18-13)4-1-2-5-14/h12-13,16H,1-8,10-11H2. The maximum atomic E-state index is 9.17. The molecule has 1 spiro atoms. The summed E-state index contributed by atoms with van der Waals surface area (Å²) in [6.07, 6.45) is 7.96. The number of piperazine rings is 1. The molecule has 18 heavy (non-hydrogen) atoms. The van der Waals surface area contributed by atoms with E-state index in [1.54, 1.807) is 0 Å². The van der Waals surface area contributed by atoms with Crippen molar-refractivity contribution in [2.45, 2.75) is 56.3 Å². The lowest BCUT2D eigenvalue weighted by molar-refractivity contribution is -0.0506. The van der Waals surface area contributed by atoms with Crippen molar-refractivity contribution in [3.8, 4) is 6.07 Å². The van der Waals surface area contributed by atoms with Gasteiger partial charge in [0.05, 0.1) is 17.8 Å². The van der Waals surface area contributed by atoms with Crippen molar-refractivity contribution >= 4 is 0 Å². The van der Waals surface area contributed by atoms with Crippen LogP contribution in [0.25, 0.3) is 0 Å². The van der Waals surface area contributed by atoms with Crippen molar-refractivity contribution < 1.29 is 4.74 Å². The van der Waals surface area contributed by atoms with Crippen molar-refractivity contribution in [2.75, 3.05) is 26.2 Å². The fraction of sp³-hybridized carbons (Fsp3) is 0.929. The molecule has 2 atom stereocenters. The molecule has 4 nitrogen and oxygen atoms in total. The fourth-order valence-corrected chi connectivity index (χ4v) is 3.76. The molecule has 100 valence electrons. The molecule has 1 saturated carbocycles. The Bertz CT molecular complexity index is 332. The van der Waals surface area contributed by atoms with Gasteiger partial charge in [0.15, 0.2) is 0 Å². The Morgan fingerprint density at radius 1 is 1.33 bits per heavy atom. The van der Waals surface area contributed by atoms with Crippen LogP contribution in [0.5, 0.6) is 0 Å². The minimum absolute atomic E-state index is 0.0301. The Labute approximate surface area is 109 Å². The summed E-state index contributed by atoms with van der Waals surface area (Å²) in [5, 5.41) is 12.5. The monoisotopic (exact) mass is 249 g/mol. The van der Waals surface area contributed by atoms with E-state index in [-0.39, 0.29) is 11.6 Å². The fourth-order valence-electron chi connectivity index (χ4n) is 3.76. The molecule has 4 heteroatoms. The predicted octanol–water partition coefficient (Wildman–Crippen LogP) is 1.28. The first kappa shape index (κ1) is 12.4. The second-order valence-electron chi connectivity index (χ2n) is 6.01. The van der Waals surface area contributed by atoms with Crippen molar-refractivity contribution in [3.05, 3.63) is 0 Å². The number of ether oxygens (including phenoxy) is 1. The van der Waals surface area contributed by atoms with Crippen LogP contribution in [0.1, 0.15) is 38.5 Å². The van der Waals surface area contributed by atoms with E-state index in [4.69, 9.17) is 10.00 Å². The smallest absolute Gasteiger partial charge is 0.110 e. The molecule has 3 aliphatic rings. The second kappa shape index (κ2) is 5.16. The summed E-state index contributed by atoms with van der Waals surface area (Å²) in [6, 6.07) is 2.43. The van der Waals surface area contributed by atoms with Gasteiger partial charge < -0.3 is 10.1 Å². The summed E-state index contributed by atoms with van der Waals surface area (Å²) < 4.78 is 6.33. The molecule has 0 bridgehead atoms. The van der Waals surface area contributed by atoms with E-state index < -0.39 is 0 Å². The van der Waals surface area contributed by atoms with Crippen LogP contribution in [0.15, 0.2) is 0 Å². The quantitative estimate of drug-likeness (QED) is 0.801. The minimum Gasteiger partial charge on any atom is -0.370 e. The Morgan fingerprint density at radius 3 is 2.94 bits per heavy atom. The molecule has 0 aromatic heterocycles. The van der Waals surface area contributed by atoms with Gasteiger partial charge in [0.25, 0.3) is 0 Å². The zero-order valence-electron chi connectivity index (χ0n) is 11.0. The topological polar surface area (TPSA) is 48.3 Å². The van der Waals surface area contributed by atoms with Crippen molar-refractivity contribution in [1.82, 2.24) is 10.2 Å². The summed E-state index contributed by atoms with van der Waals surface area (Å²) >= 11 is 0. The molecule has 2 saturated heterocycles. The first-order valence-corrected chi connectivity index (χ1v) is 7.34. The SMILES string of the molecule is N#CC1CNCCN1CC1CCC2(CCCC2)O1. The number of hydrogen-bond acceptors (Lipinski definition) is 4. The van der Waals surface area contributed by atoms with Crippen LogP contribution in [-0.4, -0.2) is 48.8 Å². The number of nitrogens with one attached hydrogen (secondary N) is 1. The lowest BCUT2D eigenvalue weighted by Gasteiger charge is -2.34. The summed E-state index contributed by atoms with van der Waals surface area (Å²) in [5.41, 5.74) is 0.223. The van der Waals surface area contributed by atoms with Crippen LogP contribution in [0, 0.1) is 11.3 Å². The van der Waals surface area contributed by atoms with Crippen molar-refractivity contribution in [2.24, 2.45) is 0 Å². The van der Waals surface area contributed by atoms with Gasteiger partial charge in [-0.1, -0.05) is 12.8 Å². The lowest BCUT2D eigenvalue weighted by Crippen LogP contribution is -2.52. The maximum absolute atomic E-state index is 9.17. The first-order chi connectivity index (χ1) is 8.81. The molecule has 2 unspecified atom stereocenters. The summed E-state index contributed by atoms with van der Waals surface area (Å²) in [4.78, 5) is 2.30. The Hall–Kier alpha value is -0.630. The van der Waals surface area contributed by atoms with Crippen LogP contribution in [0.3, 0.4) is 0 Å². The van der Waals surface area contributed by atoms with Gasteiger partial charge in [-0.15, -0.1) is 0 Å². The molecule has 3 rings (SSSR count). The van der Waals surface area contributed by atoms with Crippen LogP contribution in [0.2, 0.25) is 0 Å². The number of rotatable bonds is 2. The van der Waals surface area contributed by atoms with E-state index in [1.165, 1.54) is 38.5 Å². The Morgan fingerprint density at radius 2 is 2.17 bits per heavy atom. The summed E-state index contributed by atoms with van der Waals surface area (Å²) in [6.45, 7) is 3.72. The zero-order valence-corrected chi connectivity index (χ0v) is 11.0. The molecule has 1 aliphatic carbocycles. The van der Waals surface area contributed by atoms with Gasteiger partial charge in [0.2, 0.25) is 0 Å². The molecule has 0 amide bonds. The Balaban J connectivity index is 1.55. The van der Waals surface area contributed by atoms with Gasteiger partial charge in [-0.2, -0.15) is 5.26 Å². The largest absolute Gasteiger partial charge is 0.370 e. The van der Waals surface area contributed by atoms with E-state index in [0.29, 0.717) is 6.10 Å². The number of hydrogen-bond donors (Lipinski definition) is 1. The normalized spacial score (nSPS) is 35.9. The van der Waals surface area contributed by atoms with E-state index >= 15 is 0 Å². The molecule has 0 aromatic carbocycles. The lowest BCUT2D eigenvalue weighted by atomic mass is 9.98. The number of nitriles is 1. The van der Waals surface area contributed by atoms with Gasteiger partial charge in [0.1, 0.15) is 6.04 Å². The highest BCUT2D eigenvalue weighted by Gasteiger charge is 2.42. The van der Waals surface area contributed by atoms with Crippen LogP contribution in [-0.2, 0) is 4.74 Å². The van der Waals surface area contributed by atoms with Crippen molar-refractivity contribution in [1.29, 1.82) is 5.26 Å². The summed E-state index contributed by atoms with van der Waals surface area (Å²) in [7, 11) is 0. The second-order valence-corrected chi connectivity index (χ2v) is 6.01. The van der Waals surface area contributed by atoms with Crippen LogP contribution in [0.4, 0.5) is 0 Å². The molecule has 2 heterocycles. The van der Waals surface area contributed by atoms with E-state index in [9.17, 15) is 0 Å². The van der Waals surface area contributed by atoms with Gasteiger partial charge in [-0.3, -0.25) is 4.90 Å². The molecule has 0 aromatic rings. The highest BCUT2D eigenvalue weighted by molar-refractivity contribution is 4.99. The van der Waals surface area contributed by atoms with Gasteiger partial charge in [0, 0.05) is 26.2 Å². The zero-order chi connectivity index (χ0) is 12.4. The van der Waals surface area contributed by atoms with Crippen LogP contribution < -0.4 is 5.32 Å². The predicted molar refractivity (Wildman–Crippen MR) is 69.1 cm³/mol. The van der Waals surface area contributed by atoms with Gasteiger partial charge >= 0.3 is 0 Å². The average molecular weight is 249 g/mol. The van der Waals surface area contributed by atoms with Gasteiger partial charge in [-0.25, -0.2) is 0 Å². The molecule has 0 radical (unpaired) electrons. The van der Waals surface area contributed by atoms with E-state index in [1.807, 2.05) is 0 Å². The molecular formula is C14H23N3O. The molecule has 1 N–H and O–H groups in total. The third-order valence-electron chi connectivity index (χ3n) is 4.79. The minimum atomic E-state index is 0.0301. The van der Waals surface area contributed by atoms with E-state index in [0.717, 1.165) is 26.2 Å². The molecule has 2 aliphatic heterocycles. The van der Waals surface area contributed by atoms with Crippen LogP contribution >= 0.6 is 0 Å². The van der Waals surface area contributed by atoms with Crippen molar-refractivity contribution in [3.63, 3.8) is 0 Å².